The van der Waals surface area contributed by atoms with Crippen molar-refractivity contribution in [3.05, 3.63) is 29.8 Å². The molecule has 0 saturated heterocycles. The molecule has 1 aromatic carbocycles. The van der Waals surface area contributed by atoms with Crippen molar-refractivity contribution in [2.45, 2.75) is 44.5 Å². The van der Waals surface area contributed by atoms with Crippen LogP contribution in [0.2, 0.25) is 0 Å². The monoisotopic (exact) mass is 236 g/mol. The molecule has 2 atom stereocenters. The molecule has 0 aliphatic heterocycles. The van der Waals surface area contributed by atoms with Gasteiger partial charge in [0.1, 0.15) is 11.9 Å². The van der Waals surface area contributed by atoms with E-state index in [4.69, 9.17) is 14.6 Å². The number of aliphatic hydroxyl groups excluding tert-OH is 1. The summed E-state index contributed by atoms with van der Waals surface area (Å²) in [5.74, 6) is 0.879. The third-order valence-corrected chi connectivity index (χ3v) is 3.32. The standard InChI is InChI=1S/C14H20O3/c1-16-13-3-2-4-14(9-13)17-12-7-5-11(10-15)6-8-12/h5-8,13-15H,2-4,9-10H2,1H3. The number of methoxy groups -OCH3 is 1. The molecule has 1 aromatic rings. The topological polar surface area (TPSA) is 38.7 Å². The Morgan fingerprint density at radius 1 is 1.18 bits per heavy atom. The van der Waals surface area contributed by atoms with E-state index in [1.54, 1.807) is 7.11 Å². The fourth-order valence-electron chi connectivity index (χ4n) is 2.29. The Labute approximate surface area is 102 Å². The molecule has 3 nitrogen and oxygen atoms in total. The molecule has 3 heteroatoms. The Balaban J connectivity index is 1.90. The van der Waals surface area contributed by atoms with Crippen LogP contribution in [0, 0.1) is 0 Å². The highest BCUT2D eigenvalue weighted by atomic mass is 16.5. The van der Waals surface area contributed by atoms with E-state index in [1.807, 2.05) is 24.3 Å². The zero-order chi connectivity index (χ0) is 12.1. The lowest BCUT2D eigenvalue weighted by Crippen LogP contribution is -2.29. The van der Waals surface area contributed by atoms with Crippen LogP contribution in [-0.2, 0) is 11.3 Å². The van der Waals surface area contributed by atoms with Gasteiger partial charge in [0.2, 0.25) is 0 Å². The molecule has 1 aliphatic rings. The number of rotatable bonds is 4. The quantitative estimate of drug-likeness (QED) is 0.873. The van der Waals surface area contributed by atoms with E-state index in [0.717, 1.165) is 37.0 Å². The van der Waals surface area contributed by atoms with Gasteiger partial charge in [-0.2, -0.15) is 0 Å². The summed E-state index contributed by atoms with van der Waals surface area (Å²) in [4.78, 5) is 0. The lowest BCUT2D eigenvalue weighted by Gasteiger charge is -2.28. The van der Waals surface area contributed by atoms with Gasteiger partial charge in [0, 0.05) is 13.5 Å². The van der Waals surface area contributed by atoms with Crippen LogP contribution < -0.4 is 4.74 Å². The molecule has 94 valence electrons. The first kappa shape index (κ1) is 12.4. The predicted molar refractivity (Wildman–Crippen MR) is 66.0 cm³/mol. The van der Waals surface area contributed by atoms with Crippen LogP contribution in [0.4, 0.5) is 0 Å². The third kappa shape index (κ3) is 3.45. The first-order valence-corrected chi connectivity index (χ1v) is 6.21. The van der Waals surface area contributed by atoms with E-state index in [9.17, 15) is 0 Å². The lowest BCUT2D eigenvalue weighted by molar-refractivity contribution is 0.0209. The number of ether oxygens (including phenoxy) is 2. The van der Waals surface area contributed by atoms with Gasteiger partial charge < -0.3 is 14.6 Å². The highest BCUT2D eigenvalue weighted by Gasteiger charge is 2.22. The molecule has 2 unspecified atom stereocenters. The van der Waals surface area contributed by atoms with Crippen LogP contribution in [0.3, 0.4) is 0 Å². The highest BCUT2D eigenvalue weighted by molar-refractivity contribution is 5.27. The molecule has 1 fully saturated rings. The van der Waals surface area contributed by atoms with E-state index in [2.05, 4.69) is 0 Å². The Kier molecular flexibility index (Phi) is 4.40. The molecule has 1 aliphatic carbocycles. The zero-order valence-corrected chi connectivity index (χ0v) is 10.3. The zero-order valence-electron chi connectivity index (χ0n) is 10.3. The van der Waals surface area contributed by atoms with Gasteiger partial charge in [0.25, 0.3) is 0 Å². The van der Waals surface area contributed by atoms with Crippen LogP contribution >= 0.6 is 0 Å². The second-order valence-electron chi connectivity index (χ2n) is 4.57. The maximum atomic E-state index is 8.96. The maximum absolute atomic E-state index is 8.96. The molecular weight excluding hydrogens is 216 g/mol. The third-order valence-electron chi connectivity index (χ3n) is 3.32. The molecule has 1 saturated carbocycles. The minimum Gasteiger partial charge on any atom is -0.490 e. The van der Waals surface area contributed by atoms with Gasteiger partial charge in [-0.15, -0.1) is 0 Å². The van der Waals surface area contributed by atoms with Crippen molar-refractivity contribution in [2.75, 3.05) is 7.11 Å². The summed E-state index contributed by atoms with van der Waals surface area (Å²) in [5, 5.41) is 8.96. The number of aliphatic hydroxyl groups is 1. The lowest BCUT2D eigenvalue weighted by atomic mass is 9.95. The largest absolute Gasteiger partial charge is 0.490 e. The maximum Gasteiger partial charge on any atom is 0.119 e. The molecule has 2 rings (SSSR count). The van der Waals surface area contributed by atoms with Crippen LogP contribution in [0.25, 0.3) is 0 Å². The second-order valence-corrected chi connectivity index (χ2v) is 4.57. The summed E-state index contributed by atoms with van der Waals surface area (Å²) >= 11 is 0. The van der Waals surface area contributed by atoms with Crippen molar-refractivity contribution in [1.29, 1.82) is 0 Å². The minimum absolute atomic E-state index is 0.0788. The van der Waals surface area contributed by atoms with Gasteiger partial charge in [-0.05, 0) is 37.0 Å². The average Bonchev–Trinajstić information content (AvgIpc) is 2.40. The number of hydrogen-bond donors (Lipinski definition) is 1. The fourth-order valence-corrected chi connectivity index (χ4v) is 2.29. The Morgan fingerprint density at radius 2 is 1.88 bits per heavy atom. The molecular formula is C14H20O3. The number of benzene rings is 1. The summed E-state index contributed by atoms with van der Waals surface area (Å²) in [6.45, 7) is 0.0788. The first-order chi connectivity index (χ1) is 8.31. The number of hydrogen-bond acceptors (Lipinski definition) is 3. The first-order valence-electron chi connectivity index (χ1n) is 6.21. The van der Waals surface area contributed by atoms with E-state index in [1.165, 1.54) is 0 Å². The van der Waals surface area contributed by atoms with Crippen molar-refractivity contribution in [2.24, 2.45) is 0 Å². The van der Waals surface area contributed by atoms with Crippen LogP contribution in [0.5, 0.6) is 5.75 Å². The molecule has 1 N–H and O–H groups in total. The van der Waals surface area contributed by atoms with Crippen molar-refractivity contribution >= 4 is 0 Å². The highest BCUT2D eigenvalue weighted by Crippen LogP contribution is 2.25. The van der Waals surface area contributed by atoms with Gasteiger partial charge in [-0.25, -0.2) is 0 Å². The second kappa shape index (κ2) is 6.03. The van der Waals surface area contributed by atoms with Crippen molar-refractivity contribution in [3.63, 3.8) is 0 Å². The normalized spacial score (nSPS) is 24.6. The predicted octanol–water partition coefficient (Wildman–Crippen LogP) is 2.52. The molecule has 0 aromatic heterocycles. The molecule has 17 heavy (non-hydrogen) atoms. The molecule has 0 spiro atoms. The van der Waals surface area contributed by atoms with E-state index < -0.39 is 0 Å². The van der Waals surface area contributed by atoms with Crippen LogP contribution in [0.15, 0.2) is 24.3 Å². The average molecular weight is 236 g/mol. The molecule has 0 amide bonds. The summed E-state index contributed by atoms with van der Waals surface area (Å²) in [5.41, 5.74) is 0.913. The Morgan fingerprint density at radius 3 is 2.53 bits per heavy atom. The molecule has 0 heterocycles. The van der Waals surface area contributed by atoms with Gasteiger partial charge >= 0.3 is 0 Å². The SMILES string of the molecule is COC1CCCC(Oc2ccc(CO)cc2)C1. The Bertz CT molecular complexity index is 334. The molecule has 0 radical (unpaired) electrons. The smallest absolute Gasteiger partial charge is 0.119 e. The van der Waals surface area contributed by atoms with Crippen LogP contribution in [-0.4, -0.2) is 24.4 Å². The van der Waals surface area contributed by atoms with Crippen molar-refractivity contribution < 1.29 is 14.6 Å². The minimum atomic E-state index is 0.0788. The van der Waals surface area contributed by atoms with Gasteiger partial charge in [-0.3, -0.25) is 0 Å². The van der Waals surface area contributed by atoms with Crippen molar-refractivity contribution in [3.8, 4) is 5.75 Å². The molecule has 0 bridgehead atoms. The summed E-state index contributed by atoms with van der Waals surface area (Å²) in [6.07, 6.45) is 4.97. The Hall–Kier alpha value is -1.06. The summed E-state index contributed by atoms with van der Waals surface area (Å²) < 4.78 is 11.3. The van der Waals surface area contributed by atoms with Gasteiger partial charge in [0.05, 0.1) is 12.7 Å². The van der Waals surface area contributed by atoms with Crippen LogP contribution in [0.1, 0.15) is 31.2 Å². The summed E-state index contributed by atoms with van der Waals surface area (Å²) in [6, 6.07) is 7.63. The van der Waals surface area contributed by atoms with E-state index in [-0.39, 0.29) is 12.7 Å². The fraction of sp³-hybridized carbons (Fsp3) is 0.571. The van der Waals surface area contributed by atoms with E-state index in [0.29, 0.717) is 6.10 Å². The van der Waals surface area contributed by atoms with Gasteiger partial charge in [-0.1, -0.05) is 12.1 Å². The van der Waals surface area contributed by atoms with Crippen molar-refractivity contribution in [1.82, 2.24) is 0 Å². The summed E-state index contributed by atoms with van der Waals surface area (Å²) in [7, 11) is 1.77. The van der Waals surface area contributed by atoms with Gasteiger partial charge in [0.15, 0.2) is 0 Å². The van der Waals surface area contributed by atoms with E-state index >= 15 is 0 Å².